The van der Waals surface area contributed by atoms with Crippen LogP contribution in [0.2, 0.25) is 0 Å². The molecule has 2 atom stereocenters. The second kappa shape index (κ2) is 9.42. The molecule has 9 heteroatoms. The molecule has 0 heterocycles. The van der Waals surface area contributed by atoms with E-state index < -0.39 is 33.5 Å². The van der Waals surface area contributed by atoms with E-state index >= 15 is 0 Å². The van der Waals surface area contributed by atoms with Crippen LogP contribution < -0.4 is 14.8 Å². The minimum atomic E-state index is -3.74. The van der Waals surface area contributed by atoms with E-state index in [1.54, 1.807) is 6.92 Å². The maximum Gasteiger partial charge on any atom is 0.326 e. The van der Waals surface area contributed by atoms with Gasteiger partial charge in [-0.1, -0.05) is 20.3 Å². The zero-order chi connectivity index (χ0) is 19.9. The molecule has 0 fully saturated rings. The van der Waals surface area contributed by atoms with Crippen LogP contribution in [0.15, 0.2) is 23.1 Å². The van der Waals surface area contributed by atoms with Crippen LogP contribution in [0.3, 0.4) is 0 Å². The van der Waals surface area contributed by atoms with E-state index in [1.165, 1.54) is 32.4 Å². The lowest BCUT2D eigenvalue weighted by molar-refractivity contribution is -0.143. The van der Waals surface area contributed by atoms with Gasteiger partial charge < -0.3 is 19.9 Å². The van der Waals surface area contributed by atoms with Crippen LogP contribution in [0.1, 0.15) is 26.7 Å². The molecule has 26 heavy (non-hydrogen) atoms. The Labute approximate surface area is 153 Å². The fraction of sp³-hybridized carbons (Fsp3) is 0.529. The van der Waals surface area contributed by atoms with Gasteiger partial charge in [-0.25, -0.2) is 13.2 Å². The lowest BCUT2D eigenvalue weighted by Gasteiger charge is -2.20. The van der Waals surface area contributed by atoms with E-state index in [2.05, 4.69) is 5.32 Å². The third-order valence-electron chi connectivity index (χ3n) is 4.11. The number of ether oxygens (including phenoxy) is 2. The van der Waals surface area contributed by atoms with Crippen molar-refractivity contribution in [3.05, 3.63) is 18.2 Å². The molecule has 1 aromatic carbocycles. The summed E-state index contributed by atoms with van der Waals surface area (Å²) in [5, 5.41) is 11.6. The van der Waals surface area contributed by atoms with E-state index in [-0.39, 0.29) is 23.0 Å². The molecular formula is C17H25NO7S. The van der Waals surface area contributed by atoms with Crippen LogP contribution in [-0.4, -0.2) is 51.4 Å². The molecule has 0 saturated heterocycles. The SMILES string of the molecule is CC[C@H](C)[C@H](NC(=O)CCS(=O)(=O)c1ccc(OC)c(OC)c1)C(=O)O. The van der Waals surface area contributed by atoms with Gasteiger partial charge in [-0.3, -0.25) is 4.79 Å². The average molecular weight is 387 g/mol. The van der Waals surface area contributed by atoms with Gasteiger partial charge in [0, 0.05) is 12.5 Å². The Kier molecular flexibility index (Phi) is 7.88. The number of hydrogen-bond acceptors (Lipinski definition) is 6. The largest absolute Gasteiger partial charge is 0.493 e. The van der Waals surface area contributed by atoms with Crippen LogP contribution in [0.4, 0.5) is 0 Å². The maximum absolute atomic E-state index is 12.4. The molecule has 0 unspecified atom stereocenters. The van der Waals surface area contributed by atoms with Gasteiger partial charge in [0.25, 0.3) is 0 Å². The van der Waals surface area contributed by atoms with E-state index in [1.807, 2.05) is 6.92 Å². The number of sulfone groups is 1. The molecule has 2 N–H and O–H groups in total. The Hall–Kier alpha value is -2.29. The lowest BCUT2D eigenvalue weighted by atomic mass is 9.99. The topological polar surface area (TPSA) is 119 Å². The van der Waals surface area contributed by atoms with Crippen molar-refractivity contribution in [2.45, 2.75) is 37.6 Å². The molecule has 8 nitrogen and oxygen atoms in total. The van der Waals surface area contributed by atoms with Crippen molar-refractivity contribution in [3.8, 4) is 11.5 Å². The number of nitrogens with one attached hydrogen (secondary N) is 1. The molecule has 146 valence electrons. The van der Waals surface area contributed by atoms with Gasteiger partial charge >= 0.3 is 5.97 Å². The van der Waals surface area contributed by atoms with Gasteiger partial charge in [0.05, 0.1) is 24.9 Å². The van der Waals surface area contributed by atoms with E-state index in [9.17, 15) is 23.1 Å². The predicted octanol–water partition coefficient (Wildman–Crippen LogP) is 1.48. The second-order valence-electron chi connectivity index (χ2n) is 5.85. The van der Waals surface area contributed by atoms with Crippen molar-refractivity contribution in [1.82, 2.24) is 5.32 Å². The molecule has 0 bridgehead atoms. The summed E-state index contributed by atoms with van der Waals surface area (Å²) in [6.07, 6.45) is 0.234. The number of carbonyl (C=O) groups is 2. The minimum absolute atomic E-state index is 0.000314. The molecule has 1 rings (SSSR count). The van der Waals surface area contributed by atoms with Crippen molar-refractivity contribution < 1.29 is 32.6 Å². The van der Waals surface area contributed by atoms with Gasteiger partial charge in [-0.15, -0.1) is 0 Å². The molecule has 0 saturated carbocycles. The fourth-order valence-electron chi connectivity index (χ4n) is 2.28. The first-order valence-electron chi connectivity index (χ1n) is 8.13. The Morgan fingerprint density at radius 2 is 1.81 bits per heavy atom. The fourth-order valence-corrected chi connectivity index (χ4v) is 3.54. The minimum Gasteiger partial charge on any atom is -0.493 e. The molecule has 0 aromatic heterocycles. The number of carboxylic acids is 1. The summed E-state index contributed by atoms with van der Waals surface area (Å²) in [7, 11) is -0.910. The van der Waals surface area contributed by atoms with Crippen molar-refractivity contribution >= 4 is 21.7 Å². The van der Waals surface area contributed by atoms with Gasteiger partial charge in [-0.05, 0) is 18.1 Å². The second-order valence-corrected chi connectivity index (χ2v) is 7.96. The third kappa shape index (κ3) is 5.62. The Morgan fingerprint density at radius 1 is 1.19 bits per heavy atom. The van der Waals surface area contributed by atoms with Gasteiger partial charge in [-0.2, -0.15) is 0 Å². The Morgan fingerprint density at radius 3 is 2.31 bits per heavy atom. The average Bonchev–Trinajstić information content (AvgIpc) is 2.62. The monoisotopic (exact) mass is 387 g/mol. The molecular weight excluding hydrogens is 362 g/mol. The number of carboxylic acid groups (broad SMARTS) is 1. The summed E-state index contributed by atoms with van der Waals surface area (Å²) >= 11 is 0. The first-order valence-corrected chi connectivity index (χ1v) is 9.78. The van der Waals surface area contributed by atoms with E-state index in [0.29, 0.717) is 12.2 Å². The summed E-state index contributed by atoms with van der Waals surface area (Å²) in [5.41, 5.74) is 0. The number of amides is 1. The van der Waals surface area contributed by atoms with E-state index in [0.717, 1.165) is 0 Å². The normalized spacial score (nSPS) is 13.5. The summed E-state index contributed by atoms with van der Waals surface area (Å²) in [6, 6.07) is 3.12. The van der Waals surface area contributed by atoms with Crippen molar-refractivity contribution in [1.29, 1.82) is 0 Å². The summed E-state index contributed by atoms with van der Waals surface area (Å²) in [5.74, 6) is -1.82. The number of benzene rings is 1. The third-order valence-corrected chi connectivity index (χ3v) is 5.82. The first kappa shape index (κ1) is 21.8. The van der Waals surface area contributed by atoms with Crippen LogP contribution in [0, 0.1) is 5.92 Å². The molecule has 0 aliphatic carbocycles. The number of carbonyl (C=O) groups excluding carboxylic acids is 1. The highest BCUT2D eigenvalue weighted by molar-refractivity contribution is 7.91. The van der Waals surface area contributed by atoms with Crippen LogP contribution >= 0.6 is 0 Å². The first-order chi connectivity index (χ1) is 12.2. The molecule has 0 spiro atoms. The Balaban J connectivity index is 2.82. The maximum atomic E-state index is 12.4. The number of rotatable bonds is 10. The Bertz CT molecular complexity index is 745. The predicted molar refractivity (Wildman–Crippen MR) is 95.2 cm³/mol. The van der Waals surface area contributed by atoms with Crippen LogP contribution in [0.25, 0.3) is 0 Å². The lowest BCUT2D eigenvalue weighted by Crippen LogP contribution is -2.45. The van der Waals surface area contributed by atoms with Crippen LogP contribution in [0.5, 0.6) is 11.5 Å². The number of methoxy groups -OCH3 is 2. The highest BCUT2D eigenvalue weighted by Crippen LogP contribution is 2.29. The molecule has 1 amide bonds. The van der Waals surface area contributed by atoms with E-state index in [4.69, 9.17) is 9.47 Å². The standard InChI is InChI=1S/C17H25NO7S/c1-5-11(2)16(17(20)21)18-15(19)8-9-26(22,23)12-6-7-13(24-3)14(10-12)25-4/h6-7,10-11,16H,5,8-9H2,1-4H3,(H,18,19)(H,20,21)/t11-,16-/m0/s1. The van der Waals surface area contributed by atoms with Crippen molar-refractivity contribution in [2.75, 3.05) is 20.0 Å². The smallest absolute Gasteiger partial charge is 0.326 e. The van der Waals surface area contributed by atoms with Crippen LogP contribution in [-0.2, 0) is 19.4 Å². The summed E-state index contributed by atoms with van der Waals surface area (Å²) in [6.45, 7) is 3.52. The summed E-state index contributed by atoms with van der Waals surface area (Å²) in [4.78, 5) is 23.2. The quantitative estimate of drug-likeness (QED) is 0.624. The molecule has 1 aromatic rings. The highest BCUT2D eigenvalue weighted by atomic mass is 32.2. The van der Waals surface area contributed by atoms with Crippen molar-refractivity contribution in [3.63, 3.8) is 0 Å². The highest BCUT2D eigenvalue weighted by Gasteiger charge is 2.26. The zero-order valence-corrected chi connectivity index (χ0v) is 16.1. The number of aliphatic carboxylic acids is 1. The molecule has 0 aliphatic rings. The number of hydrogen-bond donors (Lipinski definition) is 2. The van der Waals surface area contributed by atoms with Gasteiger partial charge in [0.2, 0.25) is 5.91 Å². The summed E-state index contributed by atoms with van der Waals surface area (Å²) < 4.78 is 35.0. The van der Waals surface area contributed by atoms with Gasteiger partial charge in [0.15, 0.2) is 21.3 Å². The zero-order valence-electron chi connectivity index (χ0n) is 15.3. The van der Waals surface area contributed by atoms with Gasteiger partial charge in [0.1, 0.15) is 6.04 Å². The van der Waals surface area contributed by atoms with Crippen molar-refractivity contribution in [2.24, 2.45) is 5.92 Å². The molecule has 0 aliphatic heterocycles. The molecule has 0 radical (unpaired) electrons.